The number of urea groups is 1. The number of hydrogen-bond donors (Lipinski definition) is 3. The Morgan fingerprint density at radius 1 is 0.971 bits per heavy atom. The molecule has 35 heavy (non-hydrogen) atoms. The lowest BCUT2D eigenvalue weighted by atomic mass is 10.2. The Hall–Kier alpha value is -3.90. The molecule has 2 heterocycles. The van der Waals surface area contributed by atoms with Crippen LogP contribution < -0.4 is 26.0 Å². The number of nitrogens with two attached hydrogens (primary N) is 1. The fraction of sp³-hybridized carbons (Fsp3) is 0.261. The van der Waals surface area contributed by atoms with Crippen molar-refractivity contribution >= 4 is 38.9 Å². The van der Waals surface area contributed by atoms with E-state index in [1.165, 1.54) is 23.9 Å². The topological polar surface area (TPSA) is 143 Å². The van der Waals surface area contributed by atoms with Crippen LogP contribution in [0, 0.1) is 0 Å². The van der Waals surface area contributed by atoms with Crippen LogP contribution in [0.1, 0.15) is 0 Å². The Kier molecular flexibility index (Phi) is 7.03. The number of carbonyl (C=O) groups excluding carboxylic acids is 1. The van der Waals surface area contributed by atoms with Gasteiger partial charge in [-0.15, -0.1) is 0 Å². The van der Waals surface area contributed by atoms with Gasteiger partial charge in [0.1, 0.15) is 0 Å². The molecule has 184 valence electrons. The fourth-order valence-electron chi connectivity index (χ4n) is 3.71. The van der Waals surface area contributed by atoms with E-state index in [2.05, 4.69) is 25.5 Å². The predicted octanol–water partition coefficient (Wildman–Crippen LogP) is 2.46. The average Bonchev–Trinajstić information content (AvgIpc) is 2.84. The maximum atomic E-state index is 12.4. The Morgan fingerprint density at radius 2 is 1.54 bits per heavy atom. The van der Waals surface area contributed by atoms with Crippen LogP contribution in [-0.2, 0) is 10.0 Å². The molecule has 4 rings (SSSR count). The average molecular weight is 498 g/mol. The third-order valence-electron chi connectivity index (χ3n) is 5.60. The number of aromatic nitrogens is 2. The van der Waals surface area contributed by atoms with E-state index in [9.17, 15) is 13.2 Å². The fourth-order valence-corrected chi connectivity index (χ4v) is 4.54. The Morgan fingerprint density at radius 3 is 2.06 bits per heavy atom. The lowest BCUT2D eigenvalue weighted by Gasteiger charge is -2.34. The number of piperazine rings is 1. The zero-order valence-corrected chi connectivity index (χ0v) is 20.2. The van der Waals surface area contributed by atoms with Crippen LogP contribution in [0.2, 0.25) is 0 Å². The molecule has 1 aliphatic rings. The minimum absolute atomic E-state index is 0.251. The van der Waals surface area contributed by atoms with Crippen molar-refractivity contribution in [3.63, 3.8) is 0 Å². The summed E-state index contributed by atoms with van der Waals surface area (Å²) in [7, 11) is -1.66. The highest BCUT2D eigenvalue weighted by Crippen LogP contribution is 2.24. The molecule has 0 aliphatic carbocycles. The van der Waals surface area contributed by atoms with Gasteiger partial charge in [0.05, 0.1) is 19.6 Å². The first-order chi connectivity index (χ1) is 16.7. The van der Waals surface area contributed by atoms with Crippen LogP contribution in [0.4, 0.5) is 27.7 Å². The smallest absolute Gasteiger partial charge is 0.323 e. The van der Waals surface area contributed by atoms with E-state index in [0.717, 1.165) is 11.3 Å². The van der Waals surface area contributed by atoms with E-state index in [-0.39, 0.29) is 11.8 Å². The standard InChI is InChI=1S/C23H27N7O4S/c1-34-20-15-25-22(28-21(20)24)16-3-5-17(6-4-16)26-23(31)27-18-7-9-19(10-8-18)29-11-13-30(14-12-29)35(2,32)33/h3-10,15H,11-14H2,1-2H3,(H2,24,25,28)(H2,26,27,31). The molecule has 0 atom stereocenters. The number of anilines is 4. The summed E-state index contributed by atoms with van der Waals surface area (Å²) in [5, 5.41) is 5.59. The summed E-state index contributed by atoms with van der Waals surface area (Å²) in [6.45, 7) is 2.14. The first-order valence-corrected chi connectivity index (χ1v) is 12.7. The number of nitrogen functional groups attached to an aromatic ring is 1. The van der Waals surface area contributed by atoms with Crippen molar-refractivity contribution in [2.24, 2.45) is 0 Å². The van der Waals surface area contributed by atoms with Crippen molar-refractivity contribution < 1.29 is 17.9 Å². The van der Waals surface area contributed by atoms with Crippen LogP contribution in [0.3, 0.4) is 0 Å². The van der Waals surface area contributed by atoms with E-state index in [4.69, 9.17) is 10.5 Å². The van der Waals surface area contributed by atoms with Gasteiger partial charge in [0.2, 0.25) is 10.0 Å². The van der Waals surface area contributed by atoms with Crippen LogP contribution in [-0.4, -0.2) is 68.3 Å². The summed E-state index contributed by atoms with van der Waals surface area (Å²) in [5.74, 6) is 1.12. The molecule has 1 aliphatic heterocycles. The van der Waals surface area contributed by atoms with E-state index in [1.807, 2.05) is 24.3 Å². The van der Waals surface area contributed by atoms with Gasteiger partial charge in [0, 0.05) is 48.8 Å². The quantitative estimate of drug-likeness (QED) is 0.471. The van der Waals surface area contributed by atoms with Gasteiger partial charge in [-0.1, -0.05) is 0 Å². The van der Waals surface area contributed by atoms with Crippen molar-refractivity contribution in [1.82, 2.24) is 14.3 Å². The highest BCUT2D eigenvalue weighted by molar-refractivity contribution is 7.88. The van der Waals surface area contributed by atoms with Crippen LogP contribution in [0.5, 0.6) is 5.75 Å². The Labute approximate surface area is 204 Å². The van der Waals surface area contributed by atoms with Crippen molar-refractivity contribution in [3.8, 4) is 17.1 Å². The van der Waals surface area contributed by atoms with E-state index in [0.29, 0.717) is 49.1 Å². The first-order valence-electron chi connectivity index (χ1n) is 10.9. The largest absolute Gasteiger partial charge is 0.491 e. The number of amides is 2. The molecule has 1 saturated heterocycles. The first kappa shape index (κ1) is 24.2. The molecule has 1 aromatic heterocycles. The van der Waals surface area contributed by atoms with E-state index >= 15 is 0 Å². The molecule has 3 aromatic rings. The number of sulfonamides is 1. The lowest BCUT2D eigenvalue weighted by Crippen LogP contribution is -2.48. The summed E-state index contributed by atoms with van der Waals surface area (Å²) in [6, 6.07) is 14.1. The molecule has 4 N–H and O–H groups in total. The van der Waals surface area contributed by atoms with Crippen molar-refractivity contribution in [1.29, 1.82) is 0 Å². The number of benzene rings is 2. The molecule has 0 saturated carbocycles. The summed E-state index contributed by atoms with van der Waals surface area (Å²) in [4.78, 5) is 23.0. The molecule has 0 spiro atoms. The predicted molar refractivity (Wildman–Crippen MR) is 136 cm³/mol. The normalized spacial score (nSPS) is 14.4. The van der Waals surface area contributed by atoms with Crippen LogP contribution >= 0.6 is 0 Å². The summed E-state index contributed by atoms with van der Waals surface area (Å²) in [5.41, 5.74) is 8.81. The van der Waals surface area contributed by atoms with Gasteiger partial charge < -0.3 is 26.0 Å². The van der Waals surface area contributed by atoms with Crippen LogP contribution in [0.25, 0.3) is 11.4 Å². The number of methoxy groups -OCH3 is 1. The van der Waals surface area contributed by atoms with E-state index in [1.54, 1.807) is 24.3 Å². The summed E-state index contributed by atoms with van der Waals surface area (Å²) < 4.78 is 29.9. The highest BCUT2D eigenvalue weighted by atomic mass is 32.2. The minimum atomic E-state index is -3.16. The zero-order valence-electron chi connectivity index (χ0n) is 19.4. The second kappa shape index (κ2) is 10.2. The lowest BCUT2D eigenvalue weighted by molar-refractivity contribution is 0.262. The maximum Gasteiger partial charge on any atom is 0.323 e. The summed E-state index contributed by atoms with van der Waals surface area (Å²) >= 11 is 0. The molecule has 12 heteroatoms. The molecule has 1 fully saturated rings. The molecule has 2 amide bonds. The highest BCUT2D eigenvalue weighted by Gasteiger charge is 2.23. The van der Waals surface area contributed by atoms with Gasteiger partial charge in [-0.25, -0.2) is 23.2 Å². The van der Waals surface area contributed by atoms with Crippen molar-refractivity contribution in [2.45, 2.75) is 0 Å². The van der Waals surface area contributed by atoms with Gasteiger partial charge in [0.15, 0.2) is 17.4 Å². The zero-order chi connectivity index (χ0) is 25.0. The van der Waals surface area contributed by atoms with Gasteiger partial charge in [-0.3, -0.25) is 0 Å². The molecule has 0 bridgehead atoms. The van der Waals surface area contributed by atoms with Gasteiger partial charge >= 0.3 is 6.03 Å². The van der Waals surface area contributed by atoms with Gasteiger partial charge in [-0.2, -0.15) is 4.31 Å². The minimum Gasteiger partial charge on any atom is -0.491 e. The van der Waals surface area contributed by atoms with Gasteiger partial charge in [-0.05, 0) is 48.5 Å². The number of nitrogens with zero attached hydrogens (tertiary/aromatic N) is 4. The molecule has 2 aromatic carbocycles. The molecule has 0 radical (unpaired) electrons. The summed E-state index contributed by atoms with van der Waals surface area (Å²) in [6.07, 6.45) is 2.74. The monoisotopic (exact) mass is 497 g/mol. The van der Waals surface area contributed by atoms with Crippen molar-refractivity contribution in [3.05, 3.63) is 54.7 Å². The molecule has 11 nitrogen and oxygen atoms in total. The van der Waals surface area contributed by atoms with Crippen LogP contribution in [0.15, 0.2) is 54.7 Å². The molecular weight excluding hydrogens is 470 g/mol. The number of nitrogens with one attached hydrogen (secondary N) is 2. The Balaban J connectivity index is 1.31. The van der Waals surface area contributed by atoms with E-state index < -0.39 is 10.0 Å². The SMILES string of the molecule is COc1cnc(-c2ccc(NC(=O)Nc3ccc(N4CCN(S(C)(=O)=O)CC4)cc3)cc2)nc1N. The number of hydrogen-bond acceptors (Lipinski definition) is 8. The van der Waals surface area contributed by atoms with Crippen molar-refractivity contribution in [2.75, 3.05) is 60.8 Å². The molecule has 0 unspecified atom stereocenters. The number of ether oxygens (including phenoxy) is 1. The third kappa shape index (κ3) is 5.97. The Bertz CT molecular complexity index is 1290. The van der Waals surface area contributed by atoms with Gasteiger partial charge in [0.25, 0.3) is 0 Å². The second-order valence-electron chi connectivity index (χ2n) is 8.00. The maximum absolute atomic E-state index is 12.4. The number of carbonyl (C=O) groups is 1. The third-order valence-corrected chi connectivity index (χ3v) is 6.90. The second-order valence-corrected chi connectivity index (χ2v) is 9.98. The molecular formula is C23H27N7O4S. The number of rotatable bonds is 6.